The minimum Gasteiger partial charge on any atom is -0.0530 e. The number of thiol groups is 1. The van der Waals surface area contributed by atoms with Crippen LogP contribution in [0, 0.1) is 0 Å². The van der Waals surface area contributed by atoms with E-state index in [9.17, 15) is 0 Å². The van der Waals surface area contributed by atoms with Crippen LogP contribution in [0.1, 0.15) is 32.1 Å². The van der Waals surface area contributed by atoms with Gasteiger partial charge in [-0.05, 0) is 25.7 Å². The topological polar surface area (TPSA) is 0 Å². The lowest BCUT2D eigenvalue weighted by Crippen LogP contribution is -2.10. The Balaban J connectivity index is 1.96. The molecule has 2 fully saturated rings. The largest absolute Gasteiger partial charge is 0.190 e. The smallest absolute Gasteiger partial charge is 0.0530 e. The highest BCUT2D eigenvalue weighted by Crippen LogP contribution is 2.90. The average molecular weight is 239 g/mol. The highest BCUT2D eigenvalue weighted by atomic mass is 33.4. The molecule has 0 N–H and O–H groups in total. The average Bonchev–Trinajstić information content (AvgIpc) is 2.55. The summed E-state index contributed by atoms with van der Waals surface area (Å²) in [5, 5.41) is 0. The number of hydrogen-bond acceptors (Lipinski definition) is 3. The SMILES string of the molecule is S[P+]1(C2CCCCC2)SCCS1. The van der Waals surface area contributed by atoms with Crippen molar-refractivity contribution in [2.24, 2.45) is 0 Å². The van der Waals surface area contributed by atoms with E-state index in [-0.39, 0.29) is 0 Å². The molecule has 0 aromatic carbocycles. The second-order valence-electron chi connectivity index (χ2n) is 3.52. The summed E-state index contributed by atoms with van der Waals surface area (Å²) >= 11 is 9.34. The molecule has 1 saturated heterocycles. The zero-order valence-electron chi connectivity index (χ0n) is 7.24. The van der Waals surface area contributed by atoms with E-state index in [1.807, 2.05) is 0 Å². The van der Waals surface area contributed by atoms with Crippen molar-refractivity contribution in [2.45, 2.75) is 37.8 Å². The highest BCUT2D eigenvalue weighted by molar-refractivity contribution is 9.16. The minimum absolute atomic E-state index is 0.868. The lowest BCUT2D eigenvalue weighted by Gasteiger charge is -2.25. The summed E-state index contributed by atoms with van der Waals surface area (Å²) in [4.78, 5) is -0.868. The fraction of sp³-hybridized carbons (Fsp3) is 1.00. The van der Waals surface area contributed by atoms with Gasteiger partial charge in [-0.25, -0.2) is 0 Å². The van der Waals surface area contributed by atoms with E-state index < -0.39 is 4.87 Å². The van der Waals surface area contributed by atoms with Gasteiger partial charge in [-0.1, -0.05) is 6.42 Å². The molecule has 0 aromatic rings. The Morgan fingerprint density at radius 2 is 1.58 bits per heavy atom. The van der Waals surface area contributed by atoms with Gasteiger partial charge >= 0.3 is 0 Å². The molecule has 0 bridgehead atoms. The van der Waals surface area contributed by atoms with Crippen molar-refractivity contribution >= 4 is 39.9 Å². The Morgan fingerprint density at radius 1 is 1.00 bits per heavy atom. The van der Waals surface area contributed by atoms with Crippen LogP contribution in [0.2, 0.25) is 0 Å². The standard InChI is InChI=1S/C8H16PS3/c10-9(11-6-7-12-9)8-4-2-1-3-5-8/h8,10H,1-7H2/q+1. The second-order valence-corrected chi connectivity index (χ2v) is 15.9. The van der Waals surface area contributed by atoms with E-state index in [0.29, 0.717) is 0 Å². The molecule has 1 aliphatic carbocycles. The molecule has 0 spiro atoms. The molecule has 0 radical (unpaired) electrons. The molecule has 4 heteroatoms. The van der Waals surface area contributed by atoms with E-state index in [1.54, 1.807) is 0 Å². The number of rotatable bonds is 1. The Morgan fingerprint density at radius 3 is 2.17 bits per heavy atom. The molecular weight excluding hydrogens is 223 g/mol. The maximum absolute atomic E-state index is 4.96. The molecule has 0 aromatic heterocycles. The monoisotopic (exact) mass is 239 g/mol. The van der Waals surface area contributed by atoms with Gasteiger partial charge in [0.05, 0.1) is 0 Å². The van der Waals surface area contributed by atoms with E-state index in [4.69, 9.17) is 12.2 Å². The van der Waals surface area contributed by atoms with Crippen molar-refractivity contribution in [2.75, 3.05) is 11.5 Å². The zero-order chi connectivity index (χ0) is 8.44. The molecule has 0 unspecified atom stereocenters. The van der Waals surface area contributed by atoms with Crippen molar-refractivity contribution in [3.05, 3.63) is 0 Å². The van der Waals surface area contributed by atoms with Gasteiger partial charge in [0, 0.05) is 46.5 Å². The molecule has 2 rings (SSSR count). The Kier molecular flexibility index (Phi) is 3.62. The van der Waals surface area contributed by atoms with E-state index in [1.165, 1.54) is 43.6 Å². The van der Waals surface area contributed by atoms with Crippen LogP contribution in [0.5, 0.6) is 0 Å². The van der Waals surface area contributed by atoms with Crippen LogP contribution >= 0.6 is 39.9 Å². The van der Waals surface area contributed by atoms with E-state index >= 15 is 0 Å². The van der Waals surface area contributed by atoms with Gasteiger partial charge in [0.2, 0.25) is 0 Å². The first kappa shape index (κ1) is 10.0. The fourth-order valence-corrected chi connectivity index (χ4v) is 14.5. The first-order valence-corrected chi connectivity index (χ1v) is 10.9. The molecule has 0 nitrogen and oxygen atoms in total. The lowest BCUT2D eigenvalue weighted by atomic mass is 10.0. The zero-order valence-corrected chi connectivity index (χ0v) is 10.7. The van der Waals surface area contributed by atoms with E-state index in [2.05, 4.69) is 22.8 Å². The van der Waals surface area contributed by atoms with Gasteiger partial charge in [0.15, 0.2) is 4.87 Å². The molecule has 70 valence electrons. The predicted octanol–water partition coefficient (Wildman–Crippen LogP) is 4.49. The Labute approximate surface area is 89.0 Å². The number of hydrogen-bond donors (Lipinski definition) is 1. The van der Waals surface area contributed by atoms with Gasteiger partial charge in [0.1, 0.15) is 5.66 Å². The quantitative estimate of drug-likeness (QED) is 0.529. The van der Waals surface area contributed by atoms with Crippen LogP contribution in [-0.2, 0) is 0 Å². The summed E-state index contributed by atoms with van der Waals surface area (Å²) in [5.74, 6) is 2.72. The van der Waals surface area contributed by atoms with Crippen LogP contribution in [0.25, 0.3) is 0 Å². The van der Waals surface area contributed by atoms with Crippen LogP contribution in [0.15, 0.2) is 0 Å². The van der Waals surface area contributed by atoms with Crippen molar-refractivity contribution in [3.63, 3.8) is 0 Å². The first-order chi connectivity index (χ1) is 5.81. The maximum atomic E-state index is 4.96. The van der Waals surface area contributed by atoms with Crippen molar-refractivity contribution in [3.8, 4) is 0 Å². The summed E-state index contributed by atoms with van der Waals surface area (Å²) in [6.45, 7) is 0. The molecule has 0 atom stereocenters. The van der Waals surface area contributed by atoms with E-state index in [0.717, 1.165) is 5.66 Å². The first-order valence-electron chi connectivity index (χ1n) is 4.72. The maximum Gasteiger partial charge on any atom is 0.190 e. The second kappa shape index (κ2) is 4.33. The molecule has 2 aliphatic rings. The van der Waals surface area contributed by atoms with Crippen LogP contribution in [-0.4, -0.2) is 17.2 Å². The van der Waals surface area contributed by atoms with Gasteiger partial charge in [-0.3, -0.25) is 0 Å². The fourth-order valence-electron chi connectivity index (χ4n) is 1.99. The van der Waals surface area contributed by atoms with Crippen LogP contribution in [0.4, 0.5) is 0 Å². The summed E-state index contributed by atoms with van der Waals surface area (Å²) in [7, 11) is 0. The highest BCUT2D eigenvalue weighted by Gasteiger charge is 2.49. The van der Waals surface area contributed by atoms with Crippen LogP contribution < -0.4 is 0 Å². The Hall–Kier alpha value is 1.48. The molecule has 12 heavy (non-hydrogen) atoms. The summed E-state index contributed by atoms with van der Waals surface area (Å²) < 4.78 is 0. The predicted molar refractivity (Wildman–Crippen MR) is 67.7 cm³/mol. The van der Waals surface area contributed by atoms with Crippen molar-refractivity contribution in [1.82, 2.24) is 0 Å². The third kappa shape index (κ3) is 2.10. The lowest BCUT2D eigenvalue weighted by molar-refractivity contribution is 0.514. The summed E-state index contributed by atoms with van der Waals surface area (Å²) in [6.07, 6.45) is 7.34. The molecule has 1 saturated carbocycles. The summed E-state index contributed by atoms with van der Waals surface area (Å²) in [6, 6.07) is 0. The van der Waals surface area contributed by atoms with Crippen LogP contribution in [0.3, 0.4) is 0 Å². The molecule has 1 aliphatic heterocycles. The van der Waals surface area contributed by atoms with Gasteiger partial charge in [-0.2, -0.15) is 0 Å². The van der Waals surface area contributed by atoms with Crippen molar-refractivity contribution in [1.29, 1.82) is 0 Å². The summed E-state index contributed by atoms with van der Waals surface area (Å²) in [5.41, 5.74) is 0.993. The third-order valence-corrected chi connectivity index (χ3v) is 15.9. The normalized spacial score (nSPS) is 30.8. The molecule has 0 amide bonds. The minimum atomic E-state index is -0.868. The van der Waals surface area contributed by atoms with Gasteiger partial charge < -0.3 is 0 Å². The molecular formula is C8H16PS3+. The van der Waals surface area contributed by atoms with Gasteiger partial charge in [0.25, 0.3) is 0 Å². The third-order valence-electron chi connectivity index (χ3n) is 2.67. The van der Waals surface area contributed by atoms with Gasteiger partial charge in [-0.15, -0.1) is 0 Å². The van der Waals surface area contributed by atoms with Crippen molar-refractivity contribution < 1.29 is 0 Å². The molecule has 1 heterocycles. The Bertz CT molecular complexity index is 150.